The third kappa shape index (κ3) is 2.68. The molecule has 3 rings (SSSR count). The molecular weight excluding hydrogens is 322 g/mol. The molecule has 2 aliphatic rings. The number of hydrogen-bond donors (Lipinski definition) is 2. The SMILES string of the molecule is CC(=O)Nc1c(Cl)ccc2c1C(=O)N(C1CCC(=O)NC1=O)C2. The van der Waals surface area contributed by atoms with E-state index in [0.717, 1.165) is 0 Å². The van der Waals surface area contributed by atoms with Crippen LogP contribution in [0, 0.1) is 0 Å². The fourth-order valence-corrected chi connectivity index (χ4v) is 3.13. The van der Waals surface area contributed by atoms with Crippen molar-refractivity contribution < 1.29 is 19.2 Å². The minimum Gasteiger partial charge on any atom is -0.324 e. The highest BCUT2D eigenvalue weighted by Gasteiger charge is 2.40. The molecule has 2 heterocycles. The number of benzene rings is 1. The average molecular weight is 336 g/mol. The van der Waals surface area contributed by atoms with E-state index >= 15 is 0 Å². The van der Waals surface area contributed by atoms with Gasteiger partial charge in [0.05, 0.1) is 16.3 Å². The molecular formula is C15H14ClN3O4. The van der Waals surface area contributed by atoms with Gasteiger partial charge in [0.15, 0.2) is 0 Å². The van der Waals surface area contributed by atoms with E-state index in [1.807, 2.05) is 0 Å². The van der Waals surface area contributed by atoms with Gasteiger partial charge in [-0.1, -0.05) is 17.7 Å². The maximum Gasteiger partial charge on any atom is 0.257 e. The van der Waals surface area contributed by atoms with Gasteiger partial charge in [0, 0.05) is 19.9 Å². The second kappa shape index (κ2) is 5.66. The molecule has 1 fully saturated rings. The van der Waals surface area contributed by atoms with E-state index in [0.29, 0.717) is 11.1 Å². The first-order chi connectivity index (χ1) is 10.9. The molecule has 1 aromatic carbocycles. The lowest BCUT2D eigenvalue weighted by atomic mass is 10.0. The zero-order valence-corrected chi connectivity index (χ0v) is 13.1. The molecule has 0 saturated carbocycles. The van der Waals surface area contributed by atoms with E-state index in [-0.39, 0.29) is 47.8 Å². The highest BCUT2D eigenvalue weighted by molar-refractivity contribution is 6.35. The smallest absolute Gasteiger partial charge is 0.257 e. The van der Waals surface area contributed by atoms with Crippen LogP contribution in [0.5, 0.6) is 0 Å². The van der Waals surface area contributed by atoms with Crippen LogP contribution < -0.4 is 10.6 Å². The Kier molecular flexibility index (Phi) is 3.81. The molecule has 0 spiro atoms. The molecule has 1 unspecified atom stereocenters. The van der Waals surface area contributed by atoms with Gasteiger partial charge >= 0.3 is 0 Å². The molecule has 2 aliphatic heterocycles. The molecule has 120 valence electrons. The van der Waals surface area contributed by atoms with Crippen LogP contribution in [-0.4, -0.2) is 34.6 Å². The standard InChI is InChI=1S/C15H14ClN3O4/c1-7(20)17-13-9(16)3-2-8-6-19(15(23)12(8)13)10-4-5-11(21)18-14(10)22/h2-3,10H,4-6H2,1H3,(H,17,20)(H,18,21,22). The molecule has 2 N–H and O–H groups in total. The van der Waals surface area contributed by atoms with Crippen molar-refractivity contribution >= 4 is 40.9 Å². The molecule has 1 atom stereocenters. The summed E-state index contributed by atoms with van der Waals surface area (Å²) in [6.45, 7) is 1.57. The summed E-state index contributed by atoms with van der Waals surface area (Å²) in [7, 11) is 0. The molecule has 1 aromatic rings. The number of hydrogen-bond acceptors (Lipinski definition) is 4. The summed E-state index contributed by atoms with van der Waals surface area (Å²) in [6, 6.07) is 2.61. The van der Waals surface area contributed by atoms with Gasteiger partial charge in [-0.05, 0) is 18.1 Å². The second-order valence-electron chi connectivity index (χ2n) is 5.54. The second-order valence-corrected chi connectivity index (χ2v) is 5.94. The van der Waals surface area contributed by atoms with Crippen molar-refractivity contribution in [2.45, 2.75) is 32.4 Å². The first-order valence-electron chi connectivity index (χ1n) is 7.12. The number of fused-ring (bicyclic) bond motifs is 1. The predicted molar refractivity (Wildman–Crippen MR) is 81.8 cm³/mol. The minimum absolute atomic E-state index is 0.190. The molecule has 7 nitrogen and oxygen atoms in total. The van der Waals surface area contributed by atoms with E-state index in [4.69, 9.17) is 11.6 Å². The van der Waals surface area contributed by atoms with Crippen LogP contribution in [0.25, 0.3) is 0 Å². The number of nitrogens with zero attached hydrogens (tertiary/aromatic N) is 1. The number of piperidine rings is 1. The average Bonchev–Trinajstić information content (AvgIpc) is 2.79. The summed E-state index contributed by atoms with van der Waals surface area (Å²) < 4.78 is 0. The van der Waals surface area contributed by atoms with Gasteiger partial charge in [0.25, 0.3) is 5.91 Å². The normalized spacial score (nSPS) is 20.3. The van der Waals surface area contributed by atoms with Crippen LogP contribution in [0.15, 0.2) is 12.1 Å². The zero-order valence-electron chi connectivity index (χ0n) is 12.3. The fraction of sp³-hybridized carbons (Fsp3) is 0.333. The number of nitrogens with one attached hydrogen (secondary N) is 2. The highest BCUT2D eigenvalue weighted by Crippen LogP contribution is 2.36. The van der Waals surface area contributed by atoms with Gasteiger partial charge in [-0.25, -0.2) is 0 Å². The van der Waals surface area contributed by atoms with Crippen LogP contribution in [0.3, 0.4) is 0 Å². The molecule has 1 saturated heterocycles. The van der Waals surface area contributed by atoms with Crippen LogP contribution in [0.4, 0.5) is 5.69 Å². The number of imide groups is 1. The lowest BCUT2D eigenvalue weighted by Crippen LogP contribution is -2.52. The van der Waals surface area contributed by atoms with Crippen LogP contribution in [0.2, 0.25) is 5.02 Å². The van der Waals surface area contributed by atoms with Gasteiger partial charge in [0.2, 0.25) is 17.7 Å². The lowest BCUT2D eigenvalue weighted by Gasteiger charge is -2.29. The number of carbonyl (C=O) groups is 4. The molecule has 4 amide bonds. The Hall–Kier alpha value is -2.41. The van der Waals surface area contributed by atoms with Gasteiger partial charge in [-0.3, -0.25) is 24.5 Å². The van der Waals surface area contributed by atoms with E-state index < -0.39 is 11.9 Å². The third-order valence-corrected chi connectivity index (χ3v) is 4.26. The number of halogens is 1. The number of carbonyl (C=O) groups excluding carboxylic acids is 4. The van der Waals surface area contributed by atoms with Gasteiger partial charge < -0.3 is 10.2 Å². The third-order valence-electron chi connectivity index (χ3n) is 3.94. The molecule has 0 aromatic heterocycles. The first kappa shape index (κ1) is 15.5. The monoisotopic (exact) mass is 335 g/mol. The van der Waals surface area contributed by atoms with Crippen molar-refractivity contribution in [1.82, 2.24) is 10.2 Å². The van der Waals surface area contributed by atoms with Crippen molar-refractivity contribution in [1.29, 1.82) is 0 Å². The van der Waals surface area contributed by atoms with Crippen molar-refractivity contribution in [3.05, 3.63) is 28.3 Å². The maximum absolute atomic E-state index is 12.7. The lowest BCUT2D eigenvalue weighted by molar-refractivity contribution is -0.137. The van der Waals surface area contributed by atoms with E-state index in [9.17, 15) is 19.2 Å². The molecule has 23 heavy (non-hydrogen) atoms. The summed E-state index contributed by atoms with van der Waals surface area (Å²) in [5.41, 5.74) is 1.25. The summed E-state index contributed by atoms with van der Waals surface area (Å²) in [5.74, 6) is -1.53. The van der Waals surface area contributed by atoms with Crippen LogP contribution >= 0.6 is 11.6 Å². The number of rotatable bonds is 2. The summed E-state index contributed by atoms with van der Waals surface area (Å²) in [4.78, 5) is 48.7. The number of amides is 4. The summed E-state index contributed by atoms with van der Waals surface area (Å²) in [6.07, 6.45) is 0.476. The fourth-order valence-electron chi connectivity index (χ4n) is 2.92. The first-order valence-corrected chi connectivity index (χ1v) is 7.50. The van der Waals surface area contributed by atoms with Crippen LogP contribution in [-0.2, 0) is 20.9 Å². The van der Waals surface area contributed by atoms with Crippen LogP contribution in [0.1, 0.15) is 35.7 Å². The van der Waals surface area contributed by atoms with Gasteiger partial charge in [0.1, 0.15) is 6.04 Å². The largest absolute Gasteiger partial charge is 0.324 e. The Bertz CT molecular complexity index is 746. The van der Waals surface area contributed by atoms with Gasteiger partial charge in [-0.2, -0.15) is 0 Å². The Morgan fingerprint density at radius 2 is 2.09 bits per heavy atom. The Labute approximate surface area is 137 Å². The Morgan fingerprint density at radius 1 is 1.35 bits per heavy atom. The summed E-state index contributed by atoms with van der Waals surface area (Å²) in [5, 5.41) is 5.08. The van der Waals surface area contributed by atoms with E-state index in [1.54, 1.807) is 12.1 Å². The minimum atomic E-state index is -0.698. The predicted octanol–water partition coefficient (Wildman–Crippen LogP) is 1.06. The molecule has 8 heteroatoms. The number of anilines is 1. The molecule has 0 radical (unpaired) electrons. The molecule has 0 bridgehead atoms. The Balaban J connectivity index is 1.95. The quantitative estimate of drug-likeness (QED) is 0.790. The zero-order chi connectivity index (χ0) is 16.7. The highest BCUT2D eigenvalue weighted by atomic mass is 35.5. The van der Waals surface area contributed by atoms with Crippen molar-refractivity contribution in [3.63, 3.8) is 0 Å². The van der Waals surface area contributed by atoms with Gasteiger partial charge in [-0.15, -0.1) is 0 Å². The van der Waals surface area contributed by atoms with E-state index in [2.05, 4.69) is 10.6 Å². The Morgan fingerprint density at radius 3 is 2.74 bits per heavy atom. The summed E-state index contributed by atoms with van der Waals surface area (Å²) >= 11 is 6.09. The van der Waals surface area contributed by atoms with Crippen molar-refractivity contribution in [3.8, 4) is 0 Å². The van der Waals surface area contributed by atoms with E-state index in [1.165, 1.54) is 11.8 Å². The topological polar surface area (TPSA) is 95.6 Å². The van der Waals surface area contributed by atoms with Crippen molar-refractivity contribution in [2.75, 3.05) is 5.32 Å². The van der Waals surface area contributed by atoms with Crippen molar-refractivity contribution in [2.24, 2.45) is 0 Å². The molecule has 0 aliphatic carbocycles. The maximum atomic E-state index is 12.7.